The Balaban J connectivity index is 2.05. The highest BCUT2D eigenvalue weighted by atomic mass is 35.5. The van der Waals surface area contributed by atoms with Gasteiger partial charge in [0.1, 0.15) is 6.10 Å². The van der Waals surface area contributed by atoms with Gasteiger partial charge in [0.2, 0.25) is 0 Å². The summed E-state index contributed by atoms with van der Waals surface area (Å²) >= 11 is 5.77. The molecule has 1 amide bonds. The van der Waals surface area contributed by atoms with Crippen LogP contribution in [0.5, 0.6) is 0 Å². The van der Waals surface area contributed by atoms with Crippen molar-refractivity contribution in [1.29, 1.82) is 0 Å². The molecule has 1 aliphatic heterocycles. The number of rotatable bonds is 2. The minimum atomic E-state index is -0.318. The Kier molecular flexibility index (Phi) is 2.67. The van der Waals surface area contributed by atoms with Gasteiger partial charge < -0.3 is 9.64 Å². The number of halogens is 1. The fourth-order valence-corrected chi connectivity index (χ4v) is 1.59. The normalized spacial score (nSPS) is 23.7. The topological polar surface area (TPSA) is 32.8 Å². The lowest BCUT2D eigenvalue weighted by atomic mass is 10.1. The van der Waals surface area contributed by atoms with Crippen molar-refractivity contribution in [3.05, 3.63) is 34.9 Å². The van der Waals surface area contributed by atoms with Crippen LogP contribution in [0, 0.1) is 0 Å². The van der Waals surface area contributed by atoms with Crippen molar-refractivity contribution in [2.75, 3.05) is 14.1 Å². The van der Waals surface area contributed by atoms with Crippen molar-refractivity contribution < 1.29 is 9.53 Å². The monoisotopic (exact) mass is 225 g/mol. The molecule has 0 unspecified atom stereocenters. The molecule has 2 atom stereocenters. The Labute approximate surface area is 93.6 Å². The maximum absolute atomic E-state index is 11.5. The number of carbonyl (C=O) groups excluding carboxylic acids is 1. The first-order valence-electron chi connectivity index (χ1n) is 4.71. The fraction of sp³-hybridized carbons (Fsp3) is 0.364. The van der Waals surface area contributed by atoms with E-state index in [1.165, 1.54) is 0 Å². The SMILES string of the molecule is CN(C)C(=O)[C@@H]1O[C@H]1c1ccc(Cl)cc1. The maximum atomic E-state index is 11.5. The summed E-state index contributed by atoms with van der Waals surface area (Å²) in [6.07, 6.45) is -0.418. The van der Waals surface area contributed by atoms with Gasteiger partial charge in [-0.25, -0.2) is 0 Å². The Morgan fingerprint density at radius 2 is 1.93 bits per heavy atom. The zero-order valence-electron chi connectivity index (χ0n) is 8.61. The molecule has 0 N–H and O–H groups in total. The van der Waals surface area contributed by atoms with Crippen molar-refractivity contribution in [1.82, 2.24) is 4.90 Å². The predicted molar refractivity (Wildman–Crippen MR) is 57.8 cm³/mol. The van der Waals surface area contributed by atoms with Gasteiger partial charge in [-0.1, -0.05) is 23.7 Å². The van der Waals surface area contributed by atoms with Crippen LogP contribution in [-0.2, 0) is 9.53 Å². The molecule has 3 nitrogen and oxygen atoms in total. The molecule has 1 heterocycles. The Morgan fingerprint density at radius 3 is 2.47 bits per heavy atom. The summed E-state index contributed by atoms with van der Waals surface area (Å²) in [5.41, 5.74) is 1.000. The van der Waals surface area contributed by atoms with Crippen molar-refractivity contribution in [3.8, 4) is 0 Å². The van der Waals surface area contributed by atoms with E-state index in [1.807, 2.05) is 12.1 Å². The summed E-state index contributed by atoms with van der Waals surface area (Å²) in [6.45, 7) is 0. The molecular weight excluding hydrogens is 214 g/mol. The van der Waals surface area contributed by atoms with Crippen LogP contribution in [-0.4, -0.2) is 31.0 Å². The highest BCUT2D eigenvalue weighted by Crippen LogP contribution is 2.39. The number of benzene rings is 1. The van der Waals surface area contributed by atoms with E-state index in [0.717, 1.165) is 5.56 Å². The molecule has 0 aliphatic carbocycles. The lowest BCUT2D eigenvalue weighted by molar-refractivity contribution is -0.129. The second kappa shape index (κ2) is 3.83. The lowest BCUT2D eigenvalue weighted by Gasteiger charge is -2.06. The number of ether oxygens (including phenoxy) is 1. The average molecular weight is 226 g/mol. The van der Waals surface area contributed by atoms with E-state index >= 15 is 0 Å². The third-order valence-corrected chi connectivity index (χ3v) is 2.63. The summed E-state index contributed by atoms with van der Waals surface area (Å²) in [5, 5.41) is 0.690. The molecule has 0 radical (unpaired) electrons. The summed E-state index contributed by atoms with van der Waals surface area (Å²) in [7, 11) is 3.45. The molecule has 1 saturated heterocycles. The van der Waals surface area contributed by atoms with Gasteiger partial charge >= 0.3 is 0 Å². The standard InChI is InChI=1S/C11H12ClNO2/c1-13(2)11(14)10-9(15-10)7-3-5-8(12)6-4-7/h3-6,9-10H,1-2H3/t9-,10+/m0/s1. The van der Waals surface area contributed by atoms with E-state index in [4.69, 9.17) is 16.3 Å². The van der Waals surface area contributed by atoms with E-state index < -0.39 is 0 Å². The molecule has 0 saturated carbocycles. The van der Waals surface area contributed by atoms with E-state index in [0.29, 0.717) is 5.02 Å². The van der Waals surface area contributed by atoms with Crippen LogP contribution in [0.2, 0.25) is 5.02 Å². The molecule has 0 spiro atoms. The van der Waals surface area contributed by atoms with Gasteiger partial charge in [0.25, 0.3) is 5.91 Å². The number of carbonyl (C=O) groups is 1. The Hall–Kier alpha value is -1.06. The van der Waals surface area contributed by atoms with Crippen LogP contribution in [0.15, 0.2) is 24.3 Å². The Bertz CT molecular complexity index is 375. The molecule has 4 heteroatoms. The third-order valence-electron chi connectivity index (χ3n) is 2.37. The van der Waals surface area contributed by atoms with Crippen molar-refractivity contribution in [2.45, 2.75) is 12.2 Å². The number of amides is 1. The minimum Gasteiger partial charge on any atom is -0.354 e. The quantitative estimate of drug-likeness (QED) is 0.720. The summed E-state index contributed by atoms with van der Waals surface area (Å²) in [4.78, 5) is 13.1. The number of hydrogen-bond donors (Lipinski definition) is 0. The first kappa shape index (κ1) is 10.5. The predicted octanol–water partition coefficient (Wildman–Crippen LogP) is 1.87. The van der Waals surface area contributed by atoms with Crippen LogP contribution in [0.3, 0.4) is 0 Å². The fourth-order valence-electron chi connectivity index (χ4n) is 1.46. The second-order valence-corrected chi connectivity index (χ2v) is 4.20. The van der Waals surface area contributed by atoms with Crippen molar-refractivity contribution >= 4 is 17.5 Å². The van der Waals surface area contributed by atoms with Gasteiger partial charge in [-0.05, 0) is 17.7 Å². The third kappa shape index (κ3) is 2.13. The molecule has 1 aromatic carbocycles. The van der Waals surface area contributed by atoms with Crippen molar-refractivity contribution in [3.63, 3.8) is 0 Å². The molecule has 1 aliphatic rings. The molecule has 2 rings (SSSR count). The van der Waals surface area contributed by atoms with Crippen LogP contribution >= 0.6 is 11.6 Å². The first-order valence-corrected chi connectivity index (χ1v) is 5.09. The summed E-state index contributed by atoms with van der Waals surface area (Å²) in [5.74, 6) is 0.00921. The van der Waals surface area contributed by atoms with Crippen LogP contribution < -0.4 is 0 Å². The zero-order chi connectivity index (χ0) is 11.0. The maximum Gasteiger partial charge on any atom is 0.254 e. The molecule has 15 heavy (non-hydrogen) atoms. The highest BCUT2D eigenvalue weighted by Gasteiger charge is 2.46. The molecule has 80 valence electrons. The van der Waals surface area contributed by atoms with Gasteiger partial charge in [-0.3, -0.25) is 4.79 Å². The van der Waals surface area contributed by atoms with Gasteiger partial charge in [-0.15, -0.1) is 0 Å². The second-order valence-electron chi connectivity index (χ2n) is 3.76. The van der Waals surface area contributed by atoms with Gasteiger partial charge in [0.05, 0.1) is 0 Å². The van der Waals surface area contributed by atoms with Crippen LogP contribution in [0.25, 0.3) is 0 Å². The van der Waals surface area contributed by atoms with E-state index in [2.05, 4.69) is 0 Å². The molecule has 1 fully saturated rings. The number of hydrogen-bond acceptors (Lipinski definition) is 2. The molecule has 1 aromatic rings. The van der Waals surface area contributed by atoms with Crippen molar-refractivity contribution in [2.24, 2.45) is 0 Å². The van der Waals surface area contributed by atoms with E-state index in [1.54, 1.807) is 31.1 Å². The Morgan fingerprint density at radius 1 is 1.33 bits per heavy atom. The highest BCUT2D eigenvalue weighted by molar-refractivity contribution is 6.30. The molecular formula is C11H12ClNO2. The molecule has 0 bridgehead atoms. The van der Waals surface area contributed by atoms with Crippen LogP contribution in [0.1, 0.15) is 11.7 Å². The summed E-state index contributed by atoms with van der Waals surface area (Å²) < 4.78 is 5.33. The lowest BCUT2D eigenvalue weighted by Crippen LogP contribution is -2.26. The van der Waals surface area contributed by atoms with Gasteiger partial charge in [0.15, 0.2) is 6.10 Å². The summed E-state index contributed by atoms with van der Waals surface area (Å²) in [6, 6.07) is 7.37. The first-order chi connectivity index (χ1) is 7.09. The average Bonchev–Trinajstić information content (AvgIpc) is 2.97. The molecule has 0 aromatic heterocycles. The van der Waals surface area contributed by atoms with Gasteiger partial charge in [0, 0.05) is 19.1 Å². The minimum absolute atomic E-state index is 0.00921. The van der Waals surface area contributed by atoms with E-state index in [-0.39, 0.29) is 18.1 Å². The number of epoxide rings is 1. The largest absolute Gasteiger partial charge is 0.354 e. The van der Waals surface area contributed by atoms with Crippen LogP contribution in [0.4, 0.5) is 0 Å². The van der Waals surface area contributed by atoms with Gasteiger partial charge in [-0.2, -0.15) is 0 Å². The number of nitrogens with zero attached hydrogens (tertiary/aromatic N) is 1. The smallest absolute Gasteiger partial charge is 0.254 e. The number of likely N-dealkylation sites (N-methyl/N-ethyl adjacent to an activating group) is 1. The zero-order valence-corrected chi connectivity index (χ0v) is 9.36. The van der Waals surface area contributed by atoms with E-state index in [9.17, 15) is 4.79 Å².